The number of nitrogens with zero attached hydrogens (tertiary/aromatic N) is 2. The number of hydrogen-bond donors (Lipinski definition) is 2. The minimum Gasteiger partial charge on any atom is -0.507 e. The summed E-state index contributed by atoms with van der Waals surface area (Å²) in [6.07, 6.45) is 0. The first-order valence-corrected chi connectivity index (χ1v) is 8.09. The minimum atomic E-state index is -4.22. The number of benzene rings is 3. The van der Waals surface area contributed by atoms with Crippen molar-refractivity contribution in [1.82, 2.24) is 0 Å². The third-order valence-corrected chi connectivity index (χ3v) is 4.15. The van der Waals surface area contributed by atoms with Gasteiger partial charge in [-0.25, -0.2) is 0 Å². The number of aromatic hydroxyl groups is 1. The predicted molar refractivity (Wildman–Crippen MR) is 91.8 cm³/mol. The van der Waals surface area contributed by atoms with Crippen molar-refractivity contribution in [2.24, 2.45) is 10.2 Å². The van der Waals surface area contributed by atoms with Crippen LogP contribution in [0.15, 0.2) is 75.8 Å². The van der Waals surface area contributed by atoms with Crippen LogP contribution in [0.3, 0.4) is 0 Å². The summed E-state index contributed by atoms with van der Waals surface area (Å²) in [6.45, 7) is 0. The minimum absolute atomic E-state index is 0. The van der Waals surface area contributed by atoms with Gasteiger partial charge in [0.2, 0.25) is 0 Å². The molecule has 0 saturated heterocycles. The van der Waals surface area contributed by atoms with E-state index in [1.165, 1.54) is 30.3 Å². The predicted octanol–water partition coefficient (Wildman–Crippen LogP) is 3.83. The maximum absolute atomic E-state index is 11.0. The van der Waals surface area contributed by atoms with Crippen LogP contribution in [-0.4, -0.2) is 47.6 Å². The number of phenolic OH excluding ortho intramolecular Hbond substituents is 1. The normalized spacial score (nSPS) is 11.5. The van der Waals surface area contributed by atoms with Gasteiger partial charge in [0.05, 0.1) is 16.3 Å². The van der Waals surface area contributed by atoms with Crippen LogP contribution in [0.5, 0.6) is 5.75 Å². The van der Waals surface area contributed by atoms with Gasteiger partial charge in [0, 0.05) is 40.3 Å². The number of rotatable bonds is 3. The van der Waals surface area contributed by atoms with E-state index in [1.807, 2.05) is 18.2 Å². The zero-order valence-electron chi connectivity index (χ0n) is 12.8. The molecule has 1 radical (unpaired) electrons. The molecule has 3 rings (SSSR count). The van der Waals surface area contributed by atoms with Crippen LogP contribution in [0.2, 0.25) is 0 Å². The molecule has 2 N–H and O–H groups in total. The molecule has 0 unspecified atom stereocenters. The topological polar surface area (TPSA) is 99.3 Å². The second-order valence-electron chi connectivity index (χ2n) is 4.82. The quantitative estimate of drug-likeness (QED) is 0.425. The Morgan fingerprint density at radius 2 is 1.42 bits per heavy atom. The number of phenols is 1. The summed E-state index contributed by atoms with van der Waals surface area (Å²) in [4.78, 5) is -0.202. The summed E-state index contributed by atoms with van der Waals surface area (Å²) in [7, 11) is -4.22. The Morgan fingerprint density at radius 1 is 0.792 bits per heavy atom. The van der Waals surface area contributed by atoms with Gasteiger partial charge >= 0.3 is 0 Å². The van der Waals surface area contributed by atoms with E-state index in [0.29, 0.717) is 16.8 Å². The van der Waals surface area contributed by atoms with Gasteiger partial charge in [-0.3, -0.25) is 4.55 Å². The van der Waals surface area contributed by atoms with Gasteiger partial charge in [-0.2, -0.15) is 13.5 Å². The standard InChI is InChI=1S/C16H12N2O4S.Na/c19-16-10-9-15(13-3-1-2-4-14(13)16)18-17-11-5-7-12(8-6-11)23(20,21)22;/h1-10,19H,(H,20,21,22);. The molecule has 8 heteroatoms. The second-order valence-corrected chi connectivity index (χ2v) is 6.24. The van der Waals surface area contributed by atoms with Crippen molar-refractivity contribution in [3.05, 3.63) is 60.7 Å². The molecule has 3 aromatic rings. The van der Waals surface area contributed by atoms with Crippen molar-refractivity contribution in [3.63, 3.8) is 0 Å². The van der Waals surface area contributed by atoms with Gasteiger partial charge < -0.3 is 5.11 Å². The van der Waals surface area contributed by atoms with Crippen LogP contribution in [0.25, 0.3) is 10.8 Å². The summed E-state index contributed by atoms with van der Waals surface area (Å²) >= 11 is 0. The largest absolute Gasteiger partial charge is 0.507 e. The Kier molecular flexibility index (Phi) is 5.74. The smallest absolute Gasteiger partial charge is 0.294 e. The fourth-order valence-corrected chi connectivity index (χ4v) is 2.63. The van der Waals surface area contributed by atoms with Crippen LogP contribution in [0.4, 0.5) is 11.4 Å². The maximum Gasteiger partial charge on any atom is 0.294 e. The Hall–Kier alpha value is -1.77. The van der Waals surface area contributed by atoms with Crippen molar-refractivity contribution in [3.8, 4) is 5.75 Å². The average Bonchev–Trinajstić information content (AvgIpc) is 2.54. The number of azo groups is 1. The van der Waals surface area contributed by atoms with E-state index in [4.69, 9.17) is 4.55 Å². The SMILES string of the molecule is O=S(=O)(O)c1ccc(N=Nc2ccc(O)c3ccccc23)cc1.[Na]. The Bertz CT molecular complexity index is 1000. The Balaban J connectivity index is 0.00000208. The van der Waals surface area contributed by atoms with Gasteiger partial charge in [0.1, 0.15) is 5.75 Å². The van der Waals surface area contributed by atoms with E-state index in [1.54, 1.807) is 12.1 Å². The van der Waals surface area contributed by atoms with Crippen LogP contribution < -0.4 is 0 Å². The average molecular weight is 351 g/mol. The monoisotopic (exact) mass is 351 g/mol. The molecule has 0 heterocycles. The van der Waals surface area contributed by atoms with E-state index < -0.39 is 10.1 Å². The van der Waals surface area contributed by atoms with Crippen LogP contribution in [-0.2, 0) is 10.1 Å². The molecule has 0 aliphatic carbocycles. The van der Waals surface area contributed by atoms with Crippen molar-refractivity contribution in [1.29, 1.82) is 0 Å². The first-order valence-electron chi connectivity index (χ1n) is 6.65. The maximum atomic E-state index is 11.0. The molecule has 0 amide bonds. The molecule has 0 fully saturated rings. The summed E-state index contributed by atoms with van der Waals surface area (Å²) in [5.41, 5.74) is 1.02. The van der Waals surface area contributed by atoms with Gasteiger partial charge in [0.15, 0.2) is 0 Å². The molecular weight excluding hydrogens is 339 g/mol. The van der Waals surface area contributed by atoms with Gasteiger partial charge in [-0.15, -0.1) is 5.11 Å². The molecule has 0 aliphatic heterocycles. The molecule has 117 valence electrons. The summed E-state index contributed by atoms with van der Waals surface area (Å²) in [5.74, 6) is 0.164. The second kappa shape index (κ2) is 7.42. The fraction of sp³-hybridized carbons (Fsp3) is 0. The van der Waals surface area contributed by atoms with Crippen LogP contribution >= 0.6 is 0 Å². The first-order chi connectivity index (χ1) is 10.9. The molecule has 0 aromatic heterocycles. The molecule has 0 bridgehead atoms. The van der Waals surface area contributed by atoms with Gasteiger partial charge in [-0.1, -0.05) is 24.3 Å². The zero-order valence-corrected chi connectivity index (χ0v) is 15.6. The molecule has 0 spiro atoms. The number of fused-ring (bicyclic) bond motifs is 1. The summed E-state index contributed by atoms with van der Waals surface area (Å²) in [6, 6.07) is 15.8. The first kappa shape index (κ1) is 18.6. The Morgan fingerprint density at radius 3 is 2.04 bits per heavy atom. The molecule has 0 aliphatic rings. The third-order valence-electron chi connectivity index (χ3n) is 3.29. The molecule has 0 saturated carbocycles. The third kappa shape index (κ3) is 4.00. The number of hydrogen-bond acceptors (Lipinski definition) is 5. The summed E-state index contributed by atoms with van der Waals surface area (Å²) in [5, 5.41) is 19.4. The van der Waals surface area contributed by atoms with Crippen LogP contribution in [0.1, 0.15) is 0 Å². The van der Waals surface area contributed by atoms with Crippen LogP contribution in [0, 0.1) is 0 Å². The zero-order chi connectivity index (χ0) is 16.4. The van der Waals surface area contributed by atoms with Gasteiger partial charge in [-0.05, 0) is 36.4 Å². The van der Waals surface area contributed by atoms with Crippen molar-refractivity contribution < 1.29 is 18.1 Å². The van der Waals surface area contributed by atoms with E-state index in [2.05, 4.69) is 10.2 Å². The molecule has 0 atom stereocenters. The molecule has 6 nitrogen and oxygen atoms in total. The molecular formula is C16H12N2NaO4S. The molecule has 3 aromatic carbocycles. The van der Waals surface area contributed by atoms with Crippen molar-refractivity contribution >= 4 is 61.8 Å². The fourth-order valence-electron chi connectivity index (χ4n) is 2.15. The van der Waals surface area contributed by atoms with Crippen molar-refractivity contribution in [2.75, 3.05) is 0 Å². The van der Waals surface area contributed by atoms with E-state index in [-0.39, 0.29) is 40.2 Å². The van der Waals surface area contributed by atoms with E-state index in [9.17, 15) is 13.5 Å². The van der Waals surface area contributed by atoms with Crippen molar-refractivity contribution in [2.45, 2.75) is 4.90 Å². The van der Waals surface area contributed by atoms with Gasteiger partial charge in [0.25, 0.3) is 10.1 Å². The summed E-state index contributed by atoms with van der Waals surface area (Å²) < 4.78 is 30.9. The molecule has 24 heavy (non-hydrogen) atoms. The Labute approximate surface area is 160 Å². The van der Waals surface area contributed by atoms with E-state index >= 15 is 0 Å². The van der Waals surface area contributed by atoms with E-state index in [0.717, 1.165) is 5.39 Å².